The van der Waals surface area contributed by atoms with E-state index in [9.17, 15) is 0 Å². The van der Waals surface area contributed by atoms with Crippen LogP contribution in [0.3, 0.4) is 0 Å². The van der Waals surface area contributed by atoms with Crippen molar-refractivity contribution in [2.75, 3.05) is 6.61 Å². The van der Waals surface area contributed by atoms with Gasteiger partial charge in [-0.1, -0.05) is 30.9 Å². The average molecular weight is 280 g/mol. The first-order valence-electron chi connectivity index (χ1n) is 7.44. The Balaban J connectivity index is 1.82. The third-order valence-corrected chi connectivity index (χ3v) is 4.74. The molecule has 0 aromatic heterocycles. The molecule has 0 saturated heterocycles. The molecule has 104 valence electrons. The van der Waals surface area contributed by atoms with E-state index in [1.807, 2.05) is 6.07 Å². The molecule has 2 N–H and O–H groups in total. The Hall–Kier alpha value is -0.730. The van der Waals surface area contributed by atoms with Crippen LogP contribution in [0.4, 0.5) is 0 Å². The van der Waals surface area contributed by atoms with E-state index < -0.39 is 0 Å². The maximum Gasteiger partial charge on any atom is 0.125 e. The van der Waals surface area contributed by atoms with Gasteiger partial charge < -0.3 is 10.5 Å². The smallest absolute Gasteiger partial charge is 0.125 e. The van der Waals surface area contributed by atoms with Gasteiger partial charge >= 0.3 is 0 Å². The summed E-state index contributed by atoms with van der Waals surface area (Å²) in [5.74, 6) is 1.66. The van der Waals surface area contributed by atoms with Gasteiger partial charge in [0.1, 0.15) is 5.75 Å². The molecule has 0 spiro atoms. The van der Waals surface area contributed by atoms with Crippen LogP contribution in [0.5, 0.6) is 5.75 Å². The highest BCUT2D eigenvalue weighted by Crippen LogP contribution is 2.36. The monoisotopic (exact) mass is 279 g/mol. The third-order valence-electron chi connectivity index (χ3n) is 4.53. The summed E-state index contributed by atoms with van der Waals surface area (Å²) < 4.78 is 5.79. The molecule has 19 heavy (non-hydrogen) atoms. The Kier molecular flexibility index (Phi) is 3.99. The molecule has 0 bridgehead atoms. The number of nitrogens with two attached hydrogens (primary N) is 1. The van der Waals surface area contributed by atoms with Crippen molar-refractivity contribution in [1.29, 1.82) is 0 Å². The molecule has 2 nitrogen and oxygen atoms in total. The van der Waals surface area contributed by atoms with Crippen LogP contribution in [0.15, 0.2) is 12.1 Å². The van der Waals surface area contributed by atoms with Crippen molar-refractivity contribution in [3.05, 3.63) is 28.3 Å². The molecule has 2 atom stereocenters. The first-order valence-corrected chi connectivity index (χ1v) is 7.81. The molecule has 1 saturated carbocycles. The van der Waals surface area contributed by atoms with Crippen LogP contribution in [0.1, 0.15) is 43.2 Å². The number of benzene rings is 1. The zero-order chi connectivity index (χ0) is 13.2. The van der Waals surface area contributed by atoms with E-state index in [1.165, 1.54) is 36.8 Å². The largest absolute Gasteiger partial charge is 0.493 e. The molecule has 0 radical (unpaired) electrons. The van der Waals surface area contributed by atoms with E-state index in [2.05, 4.69) is 6.07 Å². The highest BCUT2D eigenvalue weighted by Gasteiger charge is 2.24. The first kappa shape index (κ1) is 13.3. The van der Waals surface area contributed by atoms with Gasteiger partial charge in [0.2, 0.25) is 0 Å². The predicted octanol–water partition coefficient (Wildman–Crippen LogP) is 3.73. The molecule has 1 aliphatic heterocycles. The highest BCUT2D eigenvalue weighted by atomic mass is 35.5. The van der Waals surface area contributed by atoms with Gasteiger partial charge in [-0.15, -0.1) is 0 Å². The molecule has 2 aliphatic rings. The van der Waals surface area contributed by atoms with Crippen LogP contribution in [-0.4, -0.2) is 12.6 Å². The summed E-state index contributed by atoms with van der Waals surface area (Å²) in [6.07, 6.45) is 8.32. The molecular formula is C16H22ClNO. The van der Waals surface area contributed by atoms with E-state index >= 15 is 0 Å². The van der Waals surface area contributed by atoms with Crippen LogP contribution in [0.2, 0.25) is 5.02 Å². The van der Waals surface area contributed by atoms with E-state index in [1.54, 1.807) is 0 Å². The van der Waals surface area contributed by atoms with Gasteiger partial charge in [-0.2, -0.15) is 0 Å². The van der Waals surface area contributed by atoms with Crippen LogP contribution in [0.25, 0.3) is 0 Å². The summed E-state index contributed by atoms with van der Waals surface area (Å²) >= 11 is 6.23. The van der Waals surface area contributed by atoms with Gasteiger partial charge in [-0.25, -0.2) is 0 Å². The van der Waals surface area contributed by atoms with E-state index in [0.29, 0.717) is 12.0 Å². The fraction of sp³-hybridized carbons (Fsp3) is 0.625. The predicted molar refractivity (Wildman–Crippen MR) is 78.9 cm³/mol. The second-order valence-corrected chi connectivity index (χ2v) is 6.35. The van der Waals surface area contributed by atoms with Crippen molar-refractivity contribution in [3.8, 4) is 5.75 Å². The molecule has 1 aliphatic carbocycles. The summed E-state index contributed by atoms with van der Waals surface area (Å²) in [6.45, 7) is 0.791. The normalized spacial score (nSPS) is 26.6. The van der Waals surface area contributed by atoms with E-state index in [0.717, 1.165) is 36.6 Å². The SMILES string of the molecule is NC1CCCCCC1Cc1cc(Cl)cc2c1OCC2. The molecule has 1 fully saturated rings. The lowest BCUT2D eigenvalue weighted by Crippen LogP contribution is -2.30. The lowest BCUT2D eigenvalue weighted by molar-refractivity contribution is 0.344. The maximum atomic E-state index is 6.34. The molecular weight excluding hydrogens is 258 g/mol. The number of hydrogen-bond acceptors (Lipinski definition) is 2. The number of fused-ring (bicyclic) bond motifs is 1. The van der Waals surface area contributed by atoms with Gasteiger partial charge in [-0.3, -0.25) is 0 Å². The van der Waals surface area contributed by atoms with Crippen molar-refractivity contribution in [3.63, 3.8) is 0 Å². The Morgan fingerprint density at radius 1 is 1.21 bits per heavy atom. The standard InChI is InChI=1S/C16H22ClNO/c17-14-9-12-6-7-19-16(12)13(10-14)8-11-4-2-1-3-5-15(11)18/h9-11,15H,1-8,18H2. The highest BCUT2D eigenvalue weighted by molar-refractivity contribution is 6.30. The molecule has 3 rings (SSSR count). The van der Waals surface area contributed by atoms with Crippen molar-refractivity contribution in [2.45, 2.75) is 51.0 Å². The summed E-state index contributed by atoms with van der Waals surface area (Å²) in [5, 5.41) is 0.835. The van der Waals surface area contributed by atoms with Crippen molar-refractivity contribution < 1.29 is 4.74 Å². The molecule has 0 amide bonds. The summed E-state index contributed by atoms with van der Waals surface area (Å²) in [6, 6.07) is 4.45. The Bertz CT molecular complexity index is 460. The third kappa shape index (κ3) is 2.90. The van der Waals surface area contributed by atoms with Crippen molar-refractivity contribution in [1.82, 2.24) is 0 Å². The second-order valence-electron chi connectivity index (χ2n) is 5.92. The van der Waals surface area contributed by atoms with Gasteiger partial charge in [-0.05, 0) is 48.4 Å². The van der Waals surface area contributed by atoms with E-state index in [4.69, 9.17) is 22.1 Å². The zero-order valence-electron chi connectivity index (χ0n) is 11.3. The fourth-order valence-corrected chi connectivity index (χ4v) is 3.71. The molecule has 1 aromatic carbocycles. The maximum absolute atomic E-state index is 6.34. The molecule has 3 heteroatoms. The number of halogens is 1. The zero-order valence-corrected chi connectivity index (χ0v) is 12.1. The number of rotatable bonds is 2. The first-order chi connectivity index (χ1) is 9.24. The molecule has 2 unspecified atom stereocenters. The Morgan fingerprint density at radius 2 is 2.05 bits per heavy atom. The summed E-state index contributed by atoms with van der Waals surface area (Å²) in [4.78, 5) is 0. The number of hydrogen-bond donors (Lipinski definition) is 1. The van der Waals surface area contributed by atoms with Crippen LogP contribution >= 0.6 is 11.6 Å². The van der Waals surface area contributed by atoms with Gasteiger partial charge in [0, 0.05) is 17.5 Å². The van der Waals surface area contributed by atoms with Gasteiger partial charge in [0.05, 0.1) is 6.61 Å². The molecule has 1 heterocycles. The van der Waals surface area contributed by atoms with Crippen LogP contribution in [0, 0.1) is 5.92 Å². The quantitative estimate of drug-likeness (QED) is 0.838. The van der Waals surface area contributed by atoms with Crippen LogP contribution in [-0.2, 0) is 12.8 Å². The van der Waals surface area contributed by atoms with E-state index in [-0.39, 0.29) is 0 Å². The Labute approximate surface area is 120 Å². The number of ether oxygens (including phenoxy) is 1. The van der Waals surface area contributed by atoms with Crippen molar-refractivity contribution in [2.24, 2.45) is 11.7 Å². The lowest BCUT2D eigenvalue weighted by atomic mass is 9.88. The summed E-state index contributed by atoms with van der Waals surface area (Å²) in [7, 11) is 0. The van der Waals surface area contributed by atoms with Crippen molar-refractivity contribution >= 4 is 11.6 Å². The average Bonchev–Trinajstić information content (AvgIpc) is 2.75. The second kappa shape index (κ2) is 5.72. The minimum Gasteiger partial charge on any atom is -0.493 e. The topological polar surface area (TPSA) is 35.2 Å². The minimum absolute atomic E-state index is 0.332. The van der Waals surface area contributed by atoms with Gasteiger partial charge in [0.25, 0.3) is 0 Å². The molecule has 1 aromatic rings. The van der Waals surface area contributed by atoms with Gasteiger partial charge in [0.15, 0.2) is 0 Å². The van der Waals surface area contributed by atoms with Crippen LogP contribution < -0.4 is 10.5 Å². The fourth-order valence-electron chi connectivity index (χ4n) is 3.45. The lowest BCUT2D eigenvalue weighted by Gasteiger charge is -2.22. The Morgan fingerprint density at radius 3 is 2.95 bits per heavy atom. The minimum atomic E-state index is 0.332. The summed E-state index contributed by atoms with van der Waals surface area (Å²) in [5.41, 5.74) is 8.87.